The lowest BCUT2D eigenvalue weighted by atomic mass is 10.3. The maximum absolute atomic E-state index is 10.0. The Balaban J connectivity index is 1.84. The van der Waals surface area contributed by atoms with E-state index in [0.717, 1.165) is 5.16 Å². The van der Waals surface area contributed by atoms with Crippen LogP contribution < -0.4 is 4.74 Å². The second-order valence-electron chi connectivity index (χ2n) is 4.97. The van der Waals surface area contributed by atoms with Crippen molar-refractivity contribution in [2.45, 2.75) is 31.1 Å². The molecular formula is C14H17Cl2N3O2S. The topological polar surface area (TPSA) is 60.2 Å². The fourth-order valence-electron chi connectivity index (χ4n) is 1.68. The summed E-state index contributed by atoms with van der Waals surface area (Å²) in [7, 11) is 0. The minimum atomic E-state index is -0.655. The van der Waals surface area contributed by atoms with Crippen LogP contribution in [-0.2, 0) is 0 Å². The van der Waals surface area contributed by atoms with Gasteiger partial charge in [-0.2, -0.15) is 0 Å². The Kier molecular flexibility index (Phi) is 6.37. The lowest BCUT2D eigenvalue weighted by Gasteiger charge is -2.14. The van der Waals surface area contributed by atoms with Gasteiger partial charge in [-0.05, 0) is 26.0 Å². The number of hydrogen-bond acceptors (Lipinski definition) is 5. The summed E-state index contributed by atoms with van der Waals surface area (Å²) < 4.78 is 7.45. The van der Waals surface area contributed by atoms with E-state index in [0.29, 0.717) is 21.5 Å². The highest BCUT2D eigenvalue weighted by molar-refractivity contribution is 7.99. The summed E-state index contributed by atoms with van der Waals surface area (Å²) in [4.78, 5) is 0. The summed E-state index contributed by atoms with van der Waals surface area (Å²) in [5, 5.41) is 19.7. The van der Waals surface area contributed by atoms with Crippen molar-refractivity contribution in [2.75, 3.05) is 12.4 Å². The van der Waals surface area contributed by atoms with Crippen LogP contribution in [0.3, 0.4) is 0 Å². The standard InChI is InChI=1S/C14H17Cl2N3O2S/c1-9(2)19-8-17-18-14(19)22-7-11(20)6-21-13-5-10(15)3-4-12(13)16/h3-5,8-9,11,20H,6-7H2,1-2H3. The SMILES string of the molecule is CC(C)n1cnnc1SCC(O)COc1cc(Cl)ccc1Cl. The predicted octanol–water partition coefficient (Wildman–Crippen LogP) is 3.70. The van der Waals surface area contributed by atoms with Crippen molar-refractivity contribution < 1.29 is 9.84 Å². The van der Waals surface area contributed by atoms with Gasteiger partial charge in [0.1, 0.15) is 18.7 Å². The van der Waals surface area contributed by atoms with E-state index in [2.05, 4.69) is 10.2 Å². The Hall–Kier alpha value is -0.950. The summed E-state index contributed by atoms with van der Waals surface area (Å²) in [6.07, 6.45) is 1.03. The molecule has 0 radical (unpaired) electrons. The molecule has 1 N–H and O–H groups in total. The molecule has 1 aromatic heterocycles. The van der Waals surface area contributed by atoms with Gasteiger partial charge in [-0.1, -0.05) is 35.0 Å². The highest BCUT2D eigenvalue weighted by Crippen LogP contribution is 2.28. The van der Waals surface area contributed by atoms with Gasteiger partial charge in [0.15, 0.2) is 5.16 Å². The second kappa shape index (κ2) is 8.06. The molecule has 5 nitrogen and oxygen atoms in total. The Morgan fingerprint density at radius 2 is 2.14 bits per heavy atom. The molecule has 1 unspecified atom stereocenters. The smallest absolute Gasteiger partial charge is 0.191 e. The zero-order valence-corrected chi connectivity index (χ0v) is 14.6. The van der Waals surface area contributed by atoms with E-state index in [1.54, 1.807) is 24.5 Å². The highest BCUT2D eigenvalue weighted by atomic mass is 35.5. The van der Waals surface area contributed by atoms with Gasteiger partial charge < -0.3 is 14.4 Å². The third-order valence-electron chi connectivity index (χ3n) is 2.83. The maximum atomic E-state index is 10.0. The van der Waals surface area contributed by atoms with Crippen LogP contribution in [-0.4, -0.2) is 38.3 Å². The summed E-state index contributed by atoms with van der Waals surface area (Å²) in [6, 6.07) is 5.24. The quantitative estimate of drug-likeness (QED) is 0.761. The monoisotopic (exact) mass is 361 g/mol. The number of benzene rings is 1. The lowest BCUT2D eigenvalue weighted by molar-refractivity contribution is 0.126. The van der Waals surface area contributed by atoms with Gasteiger partial charge in [0.05, 0.1) is 11.1 Å². The Morgan fingerprint density at radius 1 is 1.36 bits per heavy atom. The molecule has 0 aliphatic carbocycles. The molecule has 0 aliphatic heterocycles. The number of halogens is 2. The molecule has 8 heteroatoms. The van der Waals surface area contributed by atoms with Crippen molar-refractivity contribution in [3.63, 3.8) is 0 Å². The van der Waals surface area contributed by atoms with Crippen LogP contribution in [0.15, 0.2) is 29.7 Å². The van der Waals surface area contributed by atoms with E-state index in [4.69, 9.17) is 27.9 Å². The fraction of sp³-hybridized carbons (Fsp3) is 0.429. The summed E-state index contributed by atoms with van der Waals surface area (Å²) in [6.45, 7) is 4.23. The van der Waals surface area contributed by atoms with Crippen LogP contribution in [0.4, 0.5) is 0 Å². The first-order valence-electron chi connectivity index (χ1n) is 6.75. The molecule has 0 aliphatic rings. The van der Waals surface area contributed by atoms with Crippen molar-refractivity contribution in [3.8, 4) is 5.75 Å². The third-order valence-corrected chi connectivity index (χ3v) is 4.48. The average molecular weight is 362 g/mol. The number of ether oxygens (including phenoxy) is 1. The van der Waals surface area contributed by atoms with Crippen LogP contribution in [0.1, 0.15) is 19.9 Å². The summed E-state index contributed by atoms with van der Waals surface area (Å²) in [5.41, 5.74) is 0. The van der Waals surface area contributed by atoms with E-state index in [9.17, 15) is 5.11 Å². The van der Waals surface area contributed by atoms with Gasteiger partial charge in [0.2, 0.25) is 0 Å². The molecule has 0 fully saturated rings. The molecular weight excluding hydrogens is 345 g/mol. The first-order chi connectivity index (χ1) is 10.5. The largest absolute Gasteiger partial charge is 0.489 e. The zero-order valence-electron chi connectivity index (χ0n) is 12.2. The Bertz CT molecular complexity index is 622. The van der Waals surface area contributed by atoms with Crippen molar-refractivity contribution in [1.82, 2.24) is 14.8 Å². The van der Waals surface area contributed by atoms with E-state index in [-0.39, 0.29) is 12.6 Å². The molecule has 0 bridgehead atoms. The van der Waals surface area contributed by atoms with Gasteiger partial charge in [0, 0.05) is 22.9 Å². The summed E-state index contributed by atoms with van der Waals surface area (Å²) in [5.74, 6) is 0.910. The molecule has 2 aromatic rings. The van der Waals surface area contributed by atoms with E-state index in [1.807, 2.05) is 18.4 Å². The number of rotatable bonds is 7. The molecule has 1 aromatic carbocycles. The van der Waals surface area contributed by atoms with E-state index in [1.165, 1.54) is 11.8 Å². The van der Waals surface area contributed by atoms with E-state index < -0.39 is 6.10 Å². The number of hydrogen-bond donors (Lipinski definition) is 1. The molecule has 0 saturated heterocycles. The zero-order chi connectivity index (χ0) is 16.1. The van der Waals surface area contributed by atoms with Crippen LogP contribution in [0.25, 0.3) is 0 Å². The van der Waals surface area contributed by atoms with Crippen molar-refractivity contribution in [1.29, 1.82) is 0 Å². The van der Waals surface area contributed by atoms with Gasteiger partial charge in [-0.3, -0.25) is 0 Å². The van der Waals surface area contributed by atoms with E-state index >= 15 is 0 Å². The van der Waals surface area contributed by atoms with Crippen LogP contribution in [0.2, 0.25) is 10.0 Å². The van der Waals surface area contributed by atoms with Crippen molar-refractivity contribution in [3.05, 3.63) is 34.6 Å². The van der Waals surface area contributed by atoms with Crippen LogP contribution in [0, 0.1) is 0 Å². The first-order valence-corrected chi connectivity index (χ1v) is 8.49. The molecule has 0 saturated carbocycles. The first kappa shape index (κ1) is 17.4. The third kappa shape index (κ3) is 4.78. The molecule has 22 heavy (non-hydrogen) atoms. The number of thioether (sulfide) groups is 1. The maximum Gasteiger partial charge on any atom is 0.191 e. The normalized spacial score (nSPS) is 12.6. The lowest BCUT2D eigenvalue weighted by Crippen LogP contribution is -2.20. The number of nitrogens with zero attached hydrogens (tertiary/aromatic N) is 3. The van der Waals surface area contributed by atoms with Gasteiger partial charge in [0.25, 0.3) is 0 Å². The predicted molar refractivity (Wildman–Crippen MR) is 89.1 cm³/mol. The minimum absolute atomic E-state index is 0.128. The summed E-state index contributed by atoms with van der Waals surface area (Å²) >= 11 is 13.3. The minimum Gasteiger partial charge on any atom is -0.489 e. The van der Waals surface area contributed by atoms with Crippen molar-refractivity contribution in [2.24, 2.45) is 0 Å². The molecule has 0 amide bonds. The van der Waals surface area contributed by atoms with Crippen LogP contribution in [0.5, 0.6) is 5.75 Å². The molecule has 1 atom stereocenters. The average Bonchev–Trinajstić information content (AvgIpc) is 2.94. The van der Waals surface area contributed by atoms with Crippen LogP contribution >= 0.6 is 35.0 Å². The fourth-order valence-corrected chi connectivity index (χ4v) is 2.97. The molecule has 120 valence electrons. The second-order valence-corrected chi connectivity index (χ2v) is 6.80. The molecule has 0 spiro atoms. The number of aliphatic hydroxyl groups excluding tert-OH is 1. The van der Waals surface area contributed by atoms with Crippen molar-refractivity contribution >= 4 is 35.0 Å². The molecule has 2 rings (SSSR count). The highest BCUT2D eigenvalue weighted by Gasteiger charge is 2.13. The van der Waals surface area contributed by atoms with Gasteiger partial charge in [-0.25, -0.2) is 0 Å². The number of aromatic nitrogens is 3. The van der Waals surface area contributed by atoms with Gasteiger partial charge >= 0.3 is 0 Å². The Labute approximate surface area is 143 Å². The molecule has 1 heterocycles. The number of aliphatic hydroxyl groups is 1. The Morgan fingerprint density at radius 3 is 2.86 bits per heavy atom. The van der Waals surface area contributed by atoms with Gasteiger partial charge in [-0.15, -0.1) is 10.2 Å².